The Morgan fingerprint density at radius 1 is 0.477 bits per heavy atom. The van der Waals surface area contributed by atoms with Crippen molar-refractivity contribution in [2.75, 3.05) is 0 Å². The van der Waals surface area contributed by atoms with E-state index in [0.717, 1.165) is 28.0 Å². The lowest BCUT2D eigenvalue weighted by atomic mass is 9.91. The van der Waals surface area contributed by atoms with Crippen molar-refractivity contribution in [1.29, 1.82) is 0 Å². The molecule has 0 saturated heterocycles. The number of benzene rings is 6. The van der Waals surface area contributed by atoms with E-state index in [4.69, 9.17) is 9.97 Å². The van der Waals surface area contributed by atoms with Crippen molar-refractivity contribution in [3.63, 3.8) is 0 Å². The topological polar surface area (TPSA) is 30.2 Å². The molecule has 4 aromatic heterocycles. The van der Waals surface area contributed by atoms with E-state index in [9.17, 15) is 0 Å². The van der Waals surface area contributed by atoms with Gasteiger partial charge in [0.2, 0.25) is 0 Å². The third-order valence-corrected chi connectivity index (χ3v) is 9.54. The van der Waals surface area contributed by atoms with Crippen molar-refractivity contribution in [3.05, 3.63) is 139 Å². The first-order chi connectivity index (χ1) is 21.7. The number of pyridine rings is 3. The largest absolute Gasteiger partial charge is 0.308 e. The summed E-state index contributed by atoms with van der Waals surface area (Å²) >= 11 is 0. The summed E-state index contributed by atoms with van der Waals surface area (Å²) in [4.78, 5) is 10.3. The fraction of sp³-hybridized carbons (Fsp3) is 0.0244. The van der Waals surface area contributed by atoms with E-state index in [-0.39, 0.29) is 0 Å². The SMILES string of the molecule is Cc1c2ccccc2n2c3ccccc3c3cnc(-c4cccc(-c5ccc6ccc7cccc8ccc5c6c78)n4)cc3c12. The molecule has 3 nitrogen and oxygen atoms in total. The molecule has 0 aliphatic heterocycles. The van der Waals surface area contributed by atoms with Gasteiger partial charge in [-0.25, -0.2) is 4.98 Å². The number of para-hydroxylation sites is 2. The van der Waals surface area contributed by atoms with Crippen molar-refractivity contribution in [2.24, 2.45) is 0 Å². The summed E-state index contributed by atoms with van der Waals surface area (Å²) in [5.74, 6) is 0. The molecule has 0 bridgehead atoms. The molecule has 0 amide bonds. The molecular formula is C41H25N3. The molecule has 0 spiro atoms. The Morgan fingerprint density at radius 3 is 1.98 bits per heavy atom. The number of aryl methyl sites for hydroxylation is 1. The Morgan fingerprint density at radius 2 is 1.14 bits per heavy atom. The molecule has 0 saturated carbocycles. The van der Waals surface area contributed by atoms with Crippen molar-refractivity contribution in [3.8, 4) is 22.6 Å². The molecule has 10 aromatic rings. The van der Waals surface area contributed by atoms with Gasteiger partial charge in [-0.1, -0.05) is 97.1 Å². The second-order valence-corrected chi connectivity index (χ2v) is 11.8. The van der Waals surface area contributed by atoms with Gasteiger partial charge in [0.1, 0.15) is 0 Å². The van der Waals surface area contributed by atoms with Crippen molar-refractivity contribution in [2.45, 2.75) is 6.92 Å². The van der Waals surface area contributed by atoms with Crippen LogP contribution in [0.3, 0.4) is 0 Å². The first kappa shape index (κ1) is 23.7. The van der Waals surface area contributed by atoms with Gasteiger partial charge in [0, 0.05) is 33.3 Å². The lowest BCUT2D eigenvalue weighted by molar-refractivity contribution is 1.26. The van der Waals surface area contributed by atoms with E-state index < -0.39 is 0 Å². The van der Waals surface area contributed by atoms with Crippen LogP contribution in [0.2, 0.25) is 0 Å². The van der Waals surface area contributed by atoms with Crippen LogP contribution in [0.15, 0.2) is 134 Å². The Kier molecular flexibility index (Phi) is 4.65. The van der Waals surface area contributed by atoms with Gasteiger partial charge in [0.15, 0.2) is 0 Å². The van der Waals surface area contributed by atoms with Gasteiger partial charge in [-0.15, -0.1) is 0 Å². The summed E-state index contributed by atoms with van der Waals surface area (Å²) in [5, 5.41) is 12.5. The van der Waals surface area contributed by atoms with Crippen LogP contribution in [0.4, 0.5) is 0 Å². The number of hydrogen-bond donors (Lipinski definition) is 0. The molecule has 0 radical (unpaired) electrons. The standard InChI is InChI=1S/C41H25N3/c1-24-28-10-2-4-14-37(28)44-38-15-5-3-11-30(38)33-23-42-36(22-32(33)41(24)44)35-13-7-12-34(43-35)29-20-18-27-17-16-25-8-6-9-26-19-21-31(29)40(27)39(25)26/h2-23H,1H3. The first-order valence-corrected chi connectivity index (χ1v) is 15.1. The van der Waals surface area contributed by atoms with Crippen LogP contribution >= 0.6 is 0 Å². The Labute approximate surface area is 253 Å². The number of rotatable bonds is 2. The average Bonchev–Trinajstić information content (AvgIpc) is 3.39. The monoisotopic (exact) mass is 559 g/mol. The van der Waals surface area contributed by atoms with Crippen LogP contribution in [-0.2, 0) is 0 Å². The number of aromatic nitrogens is 3. The van der Waals surface area contributed by atoms with Crippen LogP contribution in [0.5, 0.6) is 0 Å². The number of fused-ring (bicyclic) bond motifs is 8. The summed E-state index contributed by atoms with van der Waals surface area (Å²) < 4.78 is 2.42. The molecule has 0 fully saturated rings. The highest BCUT2D eigenvalue weighted by Crippen LogP contribution is 2.40. The fourth-order valence-electron chi connectivity index (χ4n) is 7.56. The van der Waals surface area contributed by atoms with Crippen LogP contribution < -0.4 is 0 Å². The molecule has 6 aromatic carbocycles. The first-order valence-electron chi connectivity index (χ1n) is 15.1. The molecule has 44 heavy (non-hydrogen) atoms. The van der Waals surface area contributed by atoms with Crippen LogP contribution in [0.1, 0.15) is 5.56 Å². The minimum atomic E-state index is 0.871. The number of nitrogens with zero attached hydrogens (tertiary/aromatic N) is 3. The normalized spacial score (nSPS) is 12.2. The summed E-state index contributed by atoms with van der Waals surface area (Å²) in [6.07, 6.45) is 2.04. The van der Waals surface area contributed by atoms with Crippen LogP contribution in [0.25, 0.3) is 93.1 Å². The molecule has 3 heteroatoms. The zero-order valence-electron chi connectivity index (χ0n) is 24.0. The van der Waals surface area contributed by atoms with E-state index >= 15 is 0 Å². The minimum absolute atomic E-state index is 0.871. The van der Waals surface area contributed by atoms with E-state index in [0.29, 0.717) is 0 Å². The summed E-state index contributed by atoms with van der Waals surface area (Å²) in [5.41, 5.74) is 8.77. The second kappa shape index (κ2) is 8.62. The molecule has 0 aliphatic rings. The molecule has 10 rings (SSSR count). The Hall–Kier alpha value is -5.80. The van der Waals surface area contributed by atoms with Crippen LogP contribution in [-0.4, -0.2) is 14.4 Å². The van der Waals surface area contributed by atoms with Gasteiger partial charge in [-0.3, -0.25) is 4.98 Å². The van der Waals surface area contributed by atoms with Crippen molar-refractivity contribution >= 4 is 70.4 Å². The van der Waals surface area contributed by atoms with Gasteiger partial charge >= 0.3 is 0 Å². The van der Waals surface area contributed by atoms with Gasteiger partial charge in [0.05, 0.1) is 33.6 Å². The Bertz CT molecular complexity index is 2770. The van der Waals surface area contributed by atoms with E-state index in [2.05, 4.69) is 139 Å². The molecule has 4 heterocycles. The van der Waals surface area contributed by atoms with Crippen molar-refractivity contribution < 1.29 is 0 Å². The highest BCUT2D eigenvalue weighted by atomic mass is 14.9. The van der Waals surface area contributed by atoms with E-state index in [1.807, 2.05) is 6.20 Å². The Balaban J connectivity index is 1.22. The molecule has 204 valence electrons. The quantitative estimate of drug-likeness (QED) is 0.197. The highest BCUT2D eigenvalue weighted by molar-refractivity contribution is 6.25. The fourth-order valence-corrected chi connectivity index (χ4v) is 7.56. The second-order valence-electron chi connectivity index (χ2n) is 11.8. The van der Waals surface area contributed by atoms with Gasteiger partial charge in [-0.2, -0.15) is 0 Å². The average molecular weight is 560 g/mol. The summed E-state index contributed by atoms with van der Waals surface area (Å²) in [6.45, 7) is 2.23. The molecule has 0 aliphatic carbocycles. The third-order valence-electron chi connectivity index (χ3n) is 9.54. The lowest BCUT2D eigenvalue weighted by Crippen LogP contribution is -1.95. The molecule has 0 N–H and O–H groups in total. The predicted octanol–water partition coefficient (Wildman–Crippen LogP) is 10.7. The minimum Gasteiger partial charge on any atom is -0.308 e. The maximum atomic E-state index is 5.24. The van der Waals surface area contributed by atoms with Gasteiger partial charge in [0.25, 0.3) is 0 Å². The smallest absolute Gasteiger partial charge is 0.0893 e. The number of hydrogen-bond acceptors (Lipinski definition) is 2. The molecular weight excluding hydrogens is 534 g/mol. The maximum Gasteiger partial charge on any atom is 0.0893 e. The van der Waals surface area contributed by atoms with Crippen LogP contribution in [0, 0.1) is 6.92 Å². The zero-order chi connectivity index (χ0) is 28.9. The van der Waals surface area contributed by atoms with Gasteiger partial charge < -0.3 is 4.40 Å². The van der Waals surface area contributed by atoms with E-state index in [1.165, 1.54) is 70.6 Å². The predicted molar refractivity (Wildman–Crippen MR) is 185 cm³/mol. The summed E-state index contributed by atoms with van der Waals surface area (Å²) in [7, 11) is 0. The highest BCUT2D eigenvalue weighted by Gasteiger charge is 2.18. The lowest BCUT2D eigenvalue weighted by Gasteiger charge is -2.14. The van der Waals surface area contributed by atoms with Crippen molar-refractivity contribution in [1.82, 2.24) is 14.4 Å². The van der Waals surface area contributed by atoms with E-state index in [1.54, 1.807) is 0 Å². The summed E-state index contributed by atoms with van der Waals surface area (Å²) in [6, 6.07) is 45.8. The van der Waals surface area contributed by atoms with Gasteiger partial charge in [-0.05, 0) is 75.1 Å². The molecule has 0 atom stereocenters. The third kappa shape index (κ3) is 3.10. The molecule has 0 unspecified atom stereocenters. The zero-order valence-corrected chi connectivity index (χ0v) is 24.0. The maximum absolute atomic E-state index is 5.24.